The van der Waals surface area contributed by atoms with Gasteiger partial charge in [0.2, 0.25) is 6.29 Å². The van der Waals surface area contributed by atoms with Gasteiger partial charge in [0, 0.05) is 20.3 Å². The van der Waals surface area contributed by atoms with E-state index < -0.39 is 49.3 Å². The molecular weight excluding hydrogens is 328 g/mol. The minimum Gasteiger partial charge on any atom is -0.394 e. The molecule has 2 saturated heterocycles. The number of nitrogens with two attached hydrogens (primary N) is 1. The first-order valence-corrected chi connectivity index (χ1v) is 7.18. The topological polar surface area (TPSA) is 155 Å². The number of hydroxylamine groups is 4. The fraction of sp³-hybridized carbons (Fsp3) is 0.750. The molecule has 0 aliphatic carbocycles. The van der Waals surface area contributed by atoms with Crippen LogP contribution >= 0.6 is 0 Å². The number of nitrogens with zero attached hydrogens (tertiary/aromatic N) is 3. The van der Waals surface area contributed by atoms with E-state index in [4.69, 9.17) is 25.3 Å². The summed E-state index contributed by atoms with van der Waals surface area (Å²) in [6.45, 7) is 1.52. The van der Waals surface area contributed by atoms with Crippen molar-refractivity contribution >= 4 is 18.0 Å². The first kappa shape index (κ1) is 18.4. The molecule has 4 atom stereocenters. The number of carbonyl (C=O) groups excluding carboxylic acids is 3. The molecule has 2 heterocycles. The first-order chi connectivity index (χ1) is 11.2. The van der Waals surface area contributed by atoms with Gasteiger partial charge in [-0.1, -0.05) is 5.06 Å². The summed E-state index contributed by atoms with van der Waals surface area (Å²) in [4.78, 5) is 45.6. The van der Waals surface area contributed by atoms with Crippen LogP contribution in [0.3, 0.4) is 0 Å². The summed E-state index contributed by atoms with van der Waals surface area (Å²) in [5.74, 6) is -1.49. The van der Waals surface area contributed by atoms with Crippen LogP contribution in [0.5, 0.6) is 0 Å². The monoisotopic (exact) mass is 348 g/mol. The maximum absolute atomic E-state index is 12.5. The Kier molecular flexibility index (Phi) is 5.56. The van der Waals surface area contributed by atoms with Crippen LogP contribution in [-0.2, 0) is 24.0 Å². The maximum atomic E-state index is 12.5. The van der Waals surface area contributed by atoms with Gasteiger partial charge < -0.3 is 24.6 Å². The molecule has 0 aromatic heterocycles. The number of urea groups is 1. The summed E-state index contributed by atoms with van der Waals surface area (Å²) in [6.07, 6.45) is -4.08. The lowest BCUT2D eigenvalue weighted by atomic mass is 10.2. The minimum absolute atomic E-state index is 0.0219. The third-order valence-corrected chi connectivity index (χ3v) is 3.47. The average Bonchev–Trinajstić information content (AvgIpc) is 2.86. The van der Waals surface area contributed by atoms with Gasteiger partial charge in [-0.05, 0) is 0 Å². The van der Waals surface area contributed by atoms with E-state index in [9.17, 15) is 19.5 Å². The Morgan fingerprint density at radius 2 is 1.96 bits per heavy atom. The number of rotatable bonds is 4. The van der Waals surface area contributed by atoms with Crippen molar-refractivity contribution in [1.82, 2.24) is 15.0 Å². The second-order valence-electron chi connectivity index (χ2n) is 5.33. The van der Waals surface area contributed by atoms with Gasteiger partial charge in [-0.15, -0.1) is 5.06 Å². The van der Waals surface area contributed by atoms with Crippen LogP contribution in [-0.4, -0.2) is 81.2 Å². The summed E-state index contributed by atoms with van der Waals surface area (Å²) in [5, 5.41) is 20.4. The van der Waals surface area contributed by atoms with Crippen molar-refractivity contribution in [2.24, 2.45) is 5.73 Å². The lowest BCUT2D eigenvalue weighted by molar-refractivity contribution is -0.291. The minimum atomic E-state index is -1.35. The Hall–Kier alpha value is -1.99. The molecule has 136 valence electrons. The SMILES string of the molecule is CC(=O)ON1CN([C@H]2C[C@H](O)[C@@H](CO)O2)C(=O)N(OC(C)=O)C1N. The molecule has 1 unspecified atom stereocenters. The van der Waals surface area contributed by atoms with E-state index in [-0.39, 0.29) is 13.1 Å². The normalized spacial score (nSPS) is 31.3. The molecule has 2 amide bonds. The molecule has 0 saturated carbocycles. The van der Waals surface area contributed by atoms with E-state index in [1.165, 1.54) is 0 Å². The summed E-state index contributed by atoms with van der Waals surface area (Å²) >= 11 is 0. The second-order valence-corrected chi connectivity index (χ2v) is 5.33. The molecular formula is C12H20N4O8. The van der Waals surface area contributed by atoms with Crippen LogP contribution in [0, 0.1) is 0 Å². The van der Waals surface area contributed by atoms with Gasteiger partial charge in [-0.25, -0.2) is 4.79 Å². The van der Waals surface area contributed by atoms with E-state index in [1.807, 2.05) is 0 Å². The predicted octanol–water partition coefficient (Wildman–Crippen LogP) is -2.35. The predicted molar refractivity (Wildman–Crippen MR) is 73.7 cm³/mol. The van der Waals surface area contributed by atoms with E-state index in [0.717, 1.165) is 23.8 Å². The molecule has 0 bridgehead atoms. The van der Waals surface area contributed by atoms with Gasteiger partial charge >= 0.3 is 18.0 Å². The Labute approximate surface area is 137 Å². The number of hydrogen-bond donors (Lipinski definition) is 3. The van der Waals surface area contributed by atoms with Gasteiger partial charge in [0.05, 0.1) is 12.7 Å². The molecule has 0 aromatic carbocycles. The highest BCUT2D eigenvalue weighted by Gasteiger charge is 2.47. The van der Waals surface area contributed by atoms with Crippen LogP contribution in [0.4, 0.5) is 4.79 Å². The Morgan fingerprint density at radius 3 is 2.46 bits per heavy atom. The number of hydrogen-bond acceptors (Lipinski definition) is 10. The van der Waals surface area contributed by atoms with Crippen molar-refractivity contribution in [3.63, 3.8) is 0 Å². The third-order valence-electron chi connectivity index (χ3n) is 3.47. The van der Waals surface area contributed by atoms with E-state index in [1.54, 1.807) is 0 Å². The Morgan fingerprint density at radius 1 is 1.33 bits per heavy atom. The zero-order valence-corrected chi connectivity index (χ0v) is 13.2. The van der Waals surface area contributed by atoms with Crippen molar-refractivity contribution in [3.05, 3.63) is 0 Å². The van der Waals surface area contributed by atoms with Gasteiger partial charge in [0.1, 0.15) is 19.0 Å². The van der Waals surface area contributed by atoms with Crippen LogP contribution in [0.2, 0.25) is 0 Å². The van der Waals surface area contributed by atoms with Gasteiger partial charge in [0.25, 0.3) is 0 Å². The fourth-order valence-corrected chi connectivity index (χ4v) is 2.42. The molecule has 2 aliphatic heterocycles. The largest absolute Gasteiger partial charge is 0.394 e. The summed E-state index contributed by atoms with van der Waals surface area (Å²) < 4.78 is 5.40. The van der Waals surface area contributed by atoms with Crippen molar-refractivity contribution in [2.45, 2.75) is 45.0 Å². The highest BCUT2D eigenvalue weighted by atomic mass is 16.8. The molecule has 0 radical (unpaired) electrons. The standard InChI is InChI=1S/C12H20N4O8/c1-6(18)23-15-5-14(10-3-8(20)9(4-17)22-10)12(21)16(11(15)13)24-7(2)19/h8-11,17,20H,3-5,13H2,1-2H3/t8-,9+,10+,11?/m0/s1. The van der Waals surface area contributed by atoms with Crippen LogP contribution in [0.25, 0.3) is 0 Å². The van der Waals surface area contributed by atoms with Gasteiger partial charge in [-0.2, -0.15) is 0 Å². The van der Waals surface area contributed by atoms with E-state index in [2.05, 4.69) is 0 Å². The highest BCUT2D eigenvalue weighted by Crippen LogP contribution is 2.27. The Balaban J connectivity index is 2.21. The molecule has 24 heavy (non-hydrogen) atoms. The fourth-order valence-electron chi connectivity index (χ4n) is 2.42. The van der Waals surface area contributed by atoms with Crippen molar-refractivity contribution in [2.75, 3.05) is 13.3 Å². The molecule has 0 aromatic rings. The number of amides is 2. The molecule has 2 aliphatic rings. The van der Waals surface area contributed by atoms with Crippen LogP contribution < -0.4 is 5.73 Å². The lowest BCUT2D eigenvalue weighted by Crippen LogP contribution is -2.68. The average molecular weight is 348 g/mol. The highest BCUT2D eigenvalue weighted by molar-refractivity contribution is 5.77. The number of aliphatic hydroxyl groups is 2. The number of aliphatic hydroxyl groups excluding tert-OH is 2. The first-order valence-electron chi connectivity index (χ1n) is 7.18. The third kappa shape index (κ3) is 3.73. The zero-order valence-electron chi connectivity index (χ0n) is 13.2. The Bertz CT molecular complexity index is 517. The second kappa shape index (κ2) is 7.27. The lowest BCUT2D eigenvalue weighted by Gasteiger charge is -2.44. The van der Waals surface area contributed by atoms with Gasteiger partial charge in [0.15, 0.2) is 0 Å². The van der Waals surface area contributed by atoms with Crippen LogP contribution in [0.15, 0.2) is 0 Å². The quantitative estimate of drug-likeness (QED) is 0.503. The van der Waals surface area contributed by atoms with Gasteiger partial charge in [-0.3, -0.25) is 20.2 Å². The van der Waals surface area contributed by atoms with Crippen molar-refractivity contribution in [1.29, 1.82) is 0 Å². The van der Waals surface area contributed by atoms with E-state index in [0.29, 0.717) is 5.06 Å². The van der Waals surface area contributed by atoms with Crippen LogP contribution in [0.1, 0.15) is 20.3 Å². The smallest absolute Gasteiger partial charge is 0.359 e. The van der Waals surface area contributed by atoms with Crippen molar-refractivity contribution in [3.8, 4) is 0 Å². The number of ether oxygens (including phenoxy) is 1. The maximum Gasteiger partial charge on any atom is 0.359 e. The molecule has 12 heteroatoms. The van der Waals surface area contributed by atoms with Crippen molar-refractivity contribution < 1.29 is 39.0 Å². The molecule has 4 N–H and O–H groups in total. The zero-order chi connectivity index (χ0) is 18.0. The summed E-state index contributed by atoms with van der Waals surface area (Å²) in [5.41, 5.74) is 5.77. The summed E-state index contributed by atoms with van der Waals surface area (Å²) in [6, 6.07) is -0.808. The number of carbonyl (C=O) groups is 3. The molecule has 0 spiro atoms. The molecule has 2 fully saturated rings. The molecule has 2 rings (SSSR count). The summed E-state index contributed by atoms with van der Waals surface area (Å²) in [7, 11) is 0. The molecule has 12 nitrogen and oxygen atoms in total. The van der Waals surface area contributed by atoms with E-state index >= 15 is 0 Å².